The molecule has 0 saturated heterocycles. The second kappa shape index (κ2) is 6.31. The molecule has 2 rings (SSSR count). The molecule has 96 valence electrons. The van der Waals surface area contributed by atoms with Gasteiger partial charge in [0.05, 0.1) is 7.11 Å². The molecule has 1 heterocycles. The van der Waals surface area contributed by atoms with Crippen LogP contribution in [-0.2, 0) is 13.1 Å². The Morgan fingerprint density at radius 2 is 2.22 bits per heavy atom. The lowest BCUT2D eigenvalue weighted by atomic mass is 10.2. The highest BCUT2D eigenvalue weighted by Gasteiger charge is 2.03. The number of ether oxygens (including phenoxy) is 1. The molecule has 0 atom stereocenters. The Bertz CT molecular complexity index is 527. The van der Waals surface area contributed by atoms with E-state index in [0.29, 0.717) is 0 Å². The molecule has 18 heavy (non-hydrogen) atoms. The van der Waals surface area contributed by atoms with Gasteiger partial charge < -0.3 is 10.1 Å². The van der Waals surface area contributed by atoms with E-state index in [2.05, 4.69) is 31.6 Å². The smallest absolute Gasteiger partial charge is 0.119 e. The average molecular weight is 327 g/mol. The zero-order valence-electron chi connectivity index (χ0n) is 10.4. The van der Waals surface area contributed by atoms with E-state index in [1.807, 2.05) is 25.1 Å². The van der Waals surface area contributed by atoms with Crippen molar-refractivity contribution in [3.63, 3.8) is 0 Å². The first-order valence-corrected chi connectivity index (χ1v) is 7.30. The molecule has 0 spiro atoms. The largest absolute Gasteiger partial charge is 0.497 e. The summed E-state index contributed by atoms with van der Waals surface area (Å²) in [5.74, 6) is 0.875. The maximum absolute atomic E-state index is 5.22. The maximum atomic E-state index is 5.22. The molecule has 0 fully saturated rings. The Kier molecular flexibility index (Phi) is 4.74. The van der Waals surface area contributed by atoms with E-state index in [9.17, 15) is 0 Å². The standard InChI is InChI=1S/C13H15BrN2OS/c1-9-8-18-13(16-9)7-15-6-10-5-11(17-2)3-4-12(10)14/h3-5,8,15H,6-7H2,1-2H3. The van der Waals surface area contributed by atoms with Crippen LogP contribution in [0.4, 0.5) is 0 Å². The van der Waals surface area contributed by atoms with Crippen molar-refractivity contribution >= 4 is 27.3 Å². The minimum atomic E-state index is 0.788. The second-order valence-electron chi connectivity index (χ2n) is 3.94. The summed E-state index contributed by atoms with van der Waals surface area (Å²) in [4.78, 5) is 4.42. The molecule has 1 aromatic carbocycles. The van der Waals surface area contributed by atoms with Crippen molar-refractivity contribution in [2.75, 3.05) is 7.11 Å². The summed E-state index contributed by atoms with van der Waals surface area (Å²) in [7, 11) is 1.68. The summed E-state index contributed by atoms with van der Waals surface area (Å²) < 4.78 is 6.31. The normalized spacial score (nSPS) is 10.6. The number of nitrogens with one attached hydrogen (secondary N) is 1. The minimum Gasteiger partial charge on any atom is -0.497 e. The molecule has 1 aromatic heterocycles. The second-order valence-corrected chi connectivity index (χ2v) is 5.74. The van der Waals surface area contributed by atoms with Crippen LogP contribution in [0.5, 0.6) is 5.75 Å². The van der Waals surface area contributed by atoms with Gasteiger partial charge in [0.25, 0.3) is 0 Å². The van der Waals surface area contributed by atoms with Crippen LogP contribution in [0.3, 0.4) is 0 Å². The molecule has 0 unspecified atom stereocenters. The van der Waals surface area contributed by atoms with Crippen LogP contribution in [0.25, 0.3) is 0 Å². The number of methoxy groups -OCH3 is 1. The van der Waals surface area contributed by atoms with Crippen molar-refractivity contribution in [1.29, 1.82) is 0 Å². The Labute approximate surface area is 119 Å². The SMILES string of the molecule is COc1ccc(Br)c(CNCc2nc(C)cs2)c1. The third-order valence-electron chi connectivity index (χ3n) is 2.51. The Balaban J connectivity index is 1.93. The van der Waals surface area contributed by atoms with E-state index in [1.54, 1.807) is 18.4 Å². The summed E-state index contributed by atoms with van der Waals surface area (Å²) in [6, 6.07) is 5.98. The van der Waals surface area contributed by atoms with E-state index < -0.39 is 0 Å². The average Bonchev–Trinajstić information content (AvgIpc) is 2.77. The molecule has 0 bridgehead atoms. The zero-order valence-corrected chi connectivity index (χ0v) is 12.8. The molecular formula is C13H15BrN2OS. The number of halogens is 1. The van der Waals surface area contributed by atoms with Crippen LogP contribution < -0.4 is 10.1 Å². The van der Waals surface area contributed by atoms with Crippen LogP contribution >= 0.6 is 27.3 Å². The van der Waals surface area contributed by atoms with E-state index in [0.717, 1.165) is 34.0 Å². The molecular weight excluding hydrogens is 312 g/mol. The van der Waals surface area contributed by atoms with E-state index in [4.69, 9.17) is 4.74 Å². The van der Waals surface area contributed by atoms with Gasteiger partial charge in [0.2, 0.25) is 0 Å². The monoisotopic (exact) mass is 326 g/mol. The highest BCUT2D eigenvalue weighted by Crippen LogP contribution is 2.22. The number of nitrogens with zero attached hydrogens (tertiary/aromatic N) is 1. The van der Waals surface area contributed by atoms with Gasteiger partial charge in [-0.1, -0.05) is 15.9 Å². The van der Waals surface area contributed by atoms with Crippen molar-refractivity contribution in [2.45, 2.75) is 20.0 Å². The third-order valence-corrected chi connectivity index (χ3v) is 4.25. The van der Waals surface area contributed by atoms with Crippen molar-refractivity contribution in [3.8, 4) is 5.75 Å². The lowest BCUT2D eigenvalue weighted by molar-refractivity contribution is 0.414. The van der Waals surface area contributed by atoms with Gasteiger partial charge in [0.1, 0.15) is 10.8 Å². The minimum absolute atomic E-state index is 0.788. The highest BCUT2D eigenvalue weighted by molar-refractivity contribution is 9.10. The highest BCUT2D eigenvalue weighted by atomic mass is 79.9. The third kappa shape index (κ3) is 3.54. The molecule has 0 aliphatic heterocycles. The van der Waals surface area contributed by atoms with Gasteiger partial charge in [-0.25, -0.2) is 4.98 Å². The zero-order chi connectivity index (χ0) is 13.0. The summed E-state index contributed by atoms with van der Waals surface area (Å²) in [6.07, 6.45) is 0. The number of benzene rings is 1. The first kappa shape index (κ1) is 13.5. The lowest BCUT2D eigenvalue weighted by Crippen LogP contribution is -2.13. The fourth-order valence-electron chi connectivity index (χ4n) is 1.60. The molecule has 2 aromatic rings. The predicted molar refractivity (Wildman–Crippen MR) is 78.1 cm³/mol. The Morgan fingerprint density at radius 1 is 1.39 bits per heavy atom. The fourth-order valence-corrected chi connectivity index (χ4v) is 2.73. The van der Waals surface area contributed by atoms with Crippen molar-refractivity contribution in [1.82, 2.24) is 10.3 Å². The van der Waals surface area contributed by atoms with Crippen LogP contribution in [0, 0.1) is 6.92 Å². The quantitative estimate of drug-likeness (QED) is 0.912. The summed E-state index contributed by atoms with van der Waals surface area (Å²) in [5.41, 5.74) is 2.27. The van der Waals surface area contributed by atoms with E-state index in [1.165, 1.54) is 5.56 Å². The Hall–Kier alpha value is -0.910. The molecule has 0 aliphatic carbocycles. The van der Waals surface area contributed by atoms with Crippen LogP contribution in [0.1, 0.15) is 16.3 Å². The number of aromatic nitrogens is 1. The topological polar surface area (TPSA) is 34.1 Å². The number of aryl methyl sites for hydroxylation is 1. The van der Waals surface area contributed by atoms with Gasteiger partial charge in [0, 0.05) is 28.6 Å². The van der Waals surface area contributed by atoms with Crippen LogP contribution in [0.15, 0.2) is 28.1 Å². The first-order valence-electron chi connectivity index (χ1n) is 5.63. The van der Waals surface area contributed by atoms with Gasteiger partial charge in [-0.05, 0) is 30.7 Å². The first-order chi connectivity index (χ1) is 8.69. The number of hydrogen-bond acceptors (Lipinski definition) is 4. The molecule has 1 N–H and O–H groups in total. The number of thiazole rings is 1. The van der Waals surface area contributed by atoms with Gasteiger partial charge in [-0.3, -0.25) is 0 Å². The predicted octanol–water partition coefficient (Wildman–Crippen LogP) is 3.51. The maximum Gasteiger partial charge on any atom is 0.119 e. The molecule has 0 radical (unpaired) electrons. The van der Waals surface area contributed by atoms with Crippen LogP contribution in [0.2, 0.25) is 0 Å². The molecule has 5 heteroatoms. The van der Waals surface area contributed by atoms with Crippen molar-refractivity contribution < 1.29 is 4.74 Å². The van der Waals surface area contributed by atoms with E-state index in [-0.39, 0.29) is 0 Å². The summed E-state index contributed by atoms with van der Waals surface area (Å²) in [6.45, 7) is 3.59. The fraction of sp³-hybridized carbons (Fsp3) is 0.308. The number of rotatable bonds is 5. The lowest BCUT2D eigenvalue weighted by Gasteiger charge is -2.08. The van der Waals surface area contributed by atoms with Crippen LogP contribution in [-0.4, -0.2) is 12.1 Å². The van der Waals surface area contributed by atoms with Gasteiger partial charge >= 0.3 is 0 Å². The molecule has 0 saturated carbocycles. The van der Waals surface area contributed by atoms with E-state index >= 15 is 0 Å². The summed E-state index contributed by atoms with van der Waals surface area (Å²) >= 11 is 5.23. The summed E-state index contributed by atoms with van der Waals surface area (Å²) in [5, 5.41) is 6.57. The van der Waals surface area contributed by atoms with Gasteiger partial charge in [-0.15, -0.1) is 11.3 Å². The van der Waals surface area contributed by atoms with Gasteiger partial charge in [0.15, 0.2) is 0 Å². The Morgan fingerprint density at radius 3 is 2.89 bits per heavy atom. The molecule has 0 aliphatic rings. The number of hydrogen-bond donors (Lipinski definition) is 1. The molecule has 0 amide bonds. The van der Waals surface area contributed by atoms with Crippen molar-refractivity contribution in [3.05, 3.63) is 44.3 Å². The molecule has 3 nitrogen and oxygen atoms in total. The van der Waals surface area contributed by atoms with Crippen molar-refractivity contribution in [2.24, 2.45) is 0 Å². The van der Waals surface area contributed by atoms with Gasteiger partial charge in [-0.2, -0.15) is 0 Å².